The lowest BCUT2D eigenvalue weighted by Gasteiger charge is -2.28. The summed E-state index contributed by atoms with van der Waals surface area (Å²) in [6.45, 7) is 12.4. The van der Waals surface area contributed by atoms with Crippen molar-refractivity contribution in [1.29, 1.82) is 0 Å². The van der Waals surface area contributed by atoms with Crippen molar-refractivity contribution in [2.75, 3.05) is 0 Å². The van der Waals surface area contributed by atoms with Crippen LogP contribution < -0.4 is 0 Å². The SMILES string of the molecule is CC(C)C1CCCC1C[Si](C)(C)C. The van der Waals surface area contributed by atoms with Gasteiger partial charge in [0.05, 0.1) is 0 Å². The Kier molecular flexibility index (Phi) is 3.62. The summed E-state index contributed by atoms with van der Waals surface area (Å²) < 4.78 is 0. The summed E-state index contributed by atoms with van der Waals surface area (Å²) in [6, 6.07) is 1.57. The summed E-state index contributed by atoms with van der Waals surface area (Å²) >= 11 is 0. The molecule has 1 heteroatoms. The predicted molar refractivity (Wildman–Crippen MR) is 63.8 cm³/mol. The fraction of sp³-hybridized carbons (Fsp3) is 1.00. The molecule has 0 bridgehead atoms. The number of hydrogen-bond acceptors (Lipinski definition) is 0. The van der Waals surface area contributed by atoms with Crippen molar-refractivity contribution < 1.29 is 0 Å². The monoisotopic (exact) mass is 198 g/mol. The highest BCUT2D eigenvalue weighted by Crippen LogP contribution is 2.41. The van der Waals surface area contributed by atoms with Gasteiger partial charge < -0.3 is 0 Å². The Hall–Kier alpha value is 0.217. The summed E-state index contributed by atoms with van der Waals surface area (Å²) in [7, 11) is -0.810. The zero-order valence-electron chi connectivity index (χ0n) is 10.1. The van der Waals surface area contributed by atoms with Gasteiger partial charge in [0.1, 0.15) is 0 Å². The summed E-state index contributed by atoms with van der Waals surface area (Å²) in [5.74, 6) is 3.04. The maximum absolute atomic E-state index is 2.52. The van der Waals surface area contributed by atoms with Crippen LogP contribution in [-0.4, -0.2) is 8.07 Å². The summed E-state index contributed by atoms with van der Waals surface area (Å²) in [6.07, 6.45) is 4.53. The van der Waals surface area contributed by atoms with Crippen LogP contribution in [0.5, 0.6) is 0 Å². The molecule has 78 valence electrons. The van der Waals surface area contributed by atoms with Gasteiger partial charge in [-0.25, -0.2) is 0 Å². The normalized spacial score (nSPS) is 30.0. The molecule has 0 N–H and O–H groups in total. The molecule has 1 aliphatic rings. The van der Waals surface area contributed by atoms with Crippen molar-refractivity contribution in [3.05, 3.63) is 0 Å². The van der Waals surface area contributed by atoms with Crippen LogP contribution in [0.15, 0.2) is 0 Å². The van der Waals surface area contributed by atoms with Crippen molar-refractivity contribution in [3.8, 4) is 0 Å². The average Bonchev–Trinajstić information content (AvgIpc) is 2.31. The molecule has 0 aromatic heterocycles. The van der Waals surface area contributed by atoms with Crippen LogP contribution in [0.1, 0.15) is 33.1 Å². The first-order chi connectivity index (χ1) is 5.90. The van der Waals surface area contributed by atoms with Gasteiger partial charge in [-0.15, -0.1) is 0 Å². The zero-order chi connectivity index (χ0) is 10.1. The van der Waals surface area contributed by atoms with Crippen molar-refractivity contribution in [2.24, 2.45) is 17.8 Å². The van der Waals surface area contributed by atoms with Gasteiger partial charge in [-0.3, -0.25) is 0 Å². The minimum Gasteiger partial charge on any atom is -0.0695 e. The highest BCUT2D eigenvalue weighted by Gasteiger charge is 2.32. The van der Waals surface area contributed by atoms with Gasteiger partial charge >= 0.3 is 0 Å². The Morgan fingerprint density at radius 1 is 1.15 bits per heavy atom. The van der Waals surface area contributed by atoms with Crippen LogP contribution in [0.25, 0.3) is 0 Å². The van der Waals surface area contributed by atoms with Crippen LogP contribution in [0, 0.1) is 17.8 Å². The van der Waals surface area contributed by atoms with Crippen molar-refractivity contribution in [1.82, 2.24) is 0 Å². The topological polar surface area (TPSA) is 0 Å². The second-order valence-electron chi connectivity index (χ2n) is 6.36. The molecule has 13 heavy (non-hydrogen) atoms. The zero-order valence-corrected chi connectivity index (χ0v) is 11.1. The van der Waals surface area contributed by atoms with E-state index in [2.05, 4.69) is 33.5 Å². The lowest BCUT2D eigenvalue weighted by atomic mass is 9.87. The van der Waals surface area contributed by atoms with Gasteiger partial charge in [-0.05, 0) is 24.2 Å². The van der Waals surface area contributed by atoms with E-state index in [0.717, 1.165) is 17.8 Å². The summed E-state index contributed by atoms with van der Waals surface area (Å²) in [5.41, 5.74) is 0. The van der Waals surface area contributed by atoms with E-state index in [1.807, 2.05) is 0 Å². The third kappa shape index (κ3) is 3.45. The lowest BCUT2D eigenvalue weighted by molar-refractivity contribution is 0.312. The second-order valence-corrected chi connectivity index (χ2v) is 11.9. The van der Waals surface area contributed by atoms with Gasteiger partial charge in [-0.2, -0.15) is 0 Å². The van der Waals surface area contributed by atoms with Crippen molar-refractivity contribution >= 4 is 8.07 Å². The fourth-order valence-electron chi connectivity index (χ4n) is 2.98. The lowest BCUT2D eigenvalue weighted by Crippen LogP contribution is -2.27. The Labute approximate surface area is 85.1 Å². The first-order valence-electron chi connectivity index (χ1n) is 5.90. The molecule has 1 rings (SSSR count). The van der Waals surface area contributed by atoms with Gasteiger partial charge in [0.25, 0.3) is 0 Å². The predicted octanol–water partition coefficient (Wildman–Crippen LogP) is 4.40. The molecule has 1 saturated carbocycles. The third-order valence-electron chi connectivity index (χ3n) is 3.45. The van der Waals surface area contributed by atoms with E-state index in [9.17, 15) is 0 Å². The number of rotatable bonds is 3. The average molecular weight is 198 g/mol. The van der Waals surface area contributed by atoms with Gasteiger partial charge in [-0.1, -0.05) is 52.4 Å². The Morgan fingerprint density at radius 3 is 2.23 bits per heavy atom. The first-order valence-corrected chi connectivity index (χ1v) is 9.61. The molecule has 0 saturated heterocycles. The molecule has 0 spiro atoms. The Bertz CT molecular complexity index is 155. The molecular formula is C12H26Si. The molecule has 0 heterocycles. The van der Waals surface area contributed by atoms with E-state index in [-0.39, 0.29) is 0 Å². The molecule has 0 aromatic carbocycles. The molecule has 0 aromatic rings. The highest BCUT2D eigenvalue weighted by molar-refractivity contribution is 6.76. The minimum atomic E-state index is -0.810. The minimum absolute atomic E-state index is 0.810. The second kappa shape index (κ2) is 4.16. The van der Waals surface area contributed by atoms with Crippen molar-refractivity contribution in [3.63, 3.8) is 0 Å². The highest BCUT2D eigenvalue weighted by atomic mass is 28.3. The maximum atomic E-state index is 2.52. The largest absolute Gasteiger partial charge is 0.0695 e. The van der Waals surface area contributed by atoms with Crippen LogP contribution in [0.4, 0.5) is 0 Å². The molecular weight excluding hydrogens is 172 g/mol. The molecule has 0 amide bonds. The molecule has 0 nitrogen and oxygen atoms in total. The van der Waals surface area contributed by atoms with E-state index in [1.54, 1.807) is 6.04 Å². The van der Waals surface area contributed by atoms with E-state index < -0.39 is 8.07 Å². The first kappa shape index (κ1) is 11.3. The van der Waals surface area contributed by atoms with Crippen LogP contribution in [-0.2, 0) is 0 Å². The van der Waals surface area contributed by atoms with Gasteiger partial charge in [0, 0.05) is 8.07 Å². The van der Waals surface area contributed by atoms with E-state index in [1.165, 1.54) is 19.3 Å². The molecule has 0 radical (unpaired) electrons. The fourth-order valence-corrected chi connectivity index (χ4v) is 5.06. The number of hydrogen-bond donors (Lipinski definition) is 0. The third-order valence-corrected chi connectivity index (χ3v) is 5.20. The summed E-state index contributed by atoms with van der Waals surface area (Å²) in [5, 5.41) is 0. The Balaban J connectivity index is 2.49. The van der Waals surface area contributed by atoms with E-state index >= 15 is 0 Å². The molecule has 2 atom stereocenters. The molecule has 1 fully saturated rings. The summed E-state index contributed by atoms with van der Waals surface area (Å²) in [4.78, 5) is 0. The molecule has 0 aliphatic heterocycles. The van der Waals surface area contributed by atoms with E-state index in [4.69, 9.17) is 0 Å². The van der Waals surface area contributed by atoms with Gasteiger partial charge in [0.15, 0.2) is 0 Å². The molecule has 1 aliphatic carbocycles. The van der Waals surface area contributed by atoms with Crippen LogP contribution >= 0.6 is 0 Å². The maximum Gasteiger partial charge on any atom is 0.0445 e. The molecule has 2 unspecified atom stereocenters. The van der Waals surface area contributed by atoms with Crippen molar-refractivity contribution in [2.45, 2.75) is 58.8 Å². The van der Waals surface area contributed by atoms with Crippen LogP contribution in [0.2, 0.25) is 25.7 Å². The smallest absolute Gasteiger partial charge is 0.0445 e. The van der Waals surface area contributed by atoms with Gasteiger partial charge in [0.2, 0.25) is 0 Å². The van der Waals surface area contributed by atoms with Crippen LogP contribution in [0.3, 0.4) is 0 Å². The Morgan fingerprint density at radius 2 is 1.77 bits per heavy atom. The quantitative estimate of drug-likeness (QED) is 0.590. The van der Waals surface area contributed by atoms with E-state index in [0.29, 0.717) is 0 Å². The standard InChI is InChI=1S/C12H26Si/c1-10(2)12-8-6-7-11(12)9-13(3,4)5/h10-12H,6-9H2,1-5H3.